The van der Waals surface area contributed by atoms with E-state index >= 15 is 0 Å². The molecule has 0 spiro atoms. The lowest BCUT2D eigenvalue weighted by atomic mass is 10.2. The van der Waals surface area contributed by atoms with E-state index in [0.29, 0.717) is 5.56 Å². The SMILES string of the molecule is [O-]c1cccc(C=Nc2nn[nH]n2)c1. The maximum Gasteiger partial charge on any atom is 0.288 e. The highest BCUT2D eigenvalue weighted by atomic mass is 16.3. The molecule has 6 heteroatoms. The van der Waals surface area contributed by atoms with Crippen molar-refractivity contribution in [1.82, 2.24) is 20.6 Å². The smallest absolute Gasteiger partial charge is 0.288 e. The van der Waals surface area contributed by atoms with Crippen LogP contribution in [0.25, 0.3) is 0 Å². The summed E-state index contributed by atoms with van der Waals surface area (Å²) in [5.74, 6) is 0.184. The van der Waals surface area contributed by atoms with Crippen LogP contribution in [0.15, 0.2) is 29.3 Å². The Kier molecular flexibility index (Phi) is 2.18. The van der Waals surface area contributed by atoms with Crippen LogP contribution in [0.3, 0.4) is 0 Å². The number of aromatic nitrogens is 4. The maximum atomic E-state index is 10.9. The summed E-state index contributed by atoms with van der Waals surface area (Å²) in [5.41, 5.74) is 0.710. The van der Waals surface area contributed by atoms with Crippen molar-refractivity contribution < 1.29 is 5.11 Å². The molecular formula is C8H6N5O-. The van der Waals surface area contributed by atoms with E-state index in [4.69, 9.17) is 0 Å². The Hall–Kier alpha value is -2.24. The molecule has 0 aliphatic carbocycles. The Morgan fingerprint density at radius 1 is 1.43 bits per heavy atom. The minimum atomic E-state index is -0.0536. The summed E-state index contributed by atoms with van der Waals surface area (Å²) in [7, 11) is 0. The standard InChI is InChI=1S/C8H7N5O/c14-7-3-1-2-6(4-7)5-9-8-10-12-13-11-8/h1-5,14H,(H,10,11,12,13)/p-1. The van der Waals surface area contributed by atoms with Crippen LogP contribution in [0.2, 0.25) is 0 Å². The third kappa shape index (κ3) is 1.92. The molecule has 0 bridgehead atoms. The first-order valence-corrected chi connectivity index (χ1v) is 3.89. The second-order valence-corrected chi connectivity index (χ2v) is 2.54. The van der Waals surface area contributed by atoms with Crippen molar-refractivity contribution in [2.75, 3.05) is 0 Å². The fourth-order valence-corrected chi connectivity index (χ4v) is 0.938. The summed E-state index contributed by atoms with van der Waals surface area (Å²) in [5, 5.41) is 23.8. The Balaban J connectivity index is 2.18. The lowest BCUT2D eigenvalue weighted by Crippen LogP contribution is -1.90. The van der Waals surface area contributed by atoms with E-state index in [1.165, 1.54) is 18.3 Å². The largest absolute Gasteiger partial charge is 0.872 e. The van der Waals surface area contributed by atoms with Crippen molar-refractivity contribution in [3.05, 3.63) is 29.8 Å². The molecule has 0 radical (unpaired) electrons. The van der Waals surface area contributed by atoms with Crippen molar-refractivity contribution >= 4 is 12.2 Å². The van der Waals surface area contributed by atoms with E-state index in [0.717, 1.165) is 0 Å². The first kappa shape index (κ1) is 8.36. The molecule has 1 aromatic carbocycles. The van der Waals surface area contributed by atoms with Gasteiger partial charge in [0, 0.05) is 6.21 Å². The van der Waals surface area contributed by atoms with Gasteiger partial charge in [-0.3, -0.25) is 0 Å². The summed E-state index contributed by atoms with van der Waals surface area (Å²) in [4.78, 5) is 3.90. The number of aromatic amines is 1. The molecule has 6 nitrogen and oxygen atoms in total. The third-order valence-corrected chi connectivity index (χ3v) is 1.52. The fourth-order valence-electron chi connectivity index (χ4n) is 0.938. The molecule has 0 unspecified atom stereocenters. The van der Waals surface area contributed by atoms with Crippen LogP contribution in [0.1, 0.15) is 5.56 Å². The zero-order valence-electron chi connectivity index (χ0n) is 7.08. The number of aliphatic imine (C=N–C) groups is 1. The number of H-pyrrole nitrogens is 1. The highest BCUT2D eigenvalue weighted by molar-refractivity contribution is 5.81. The molecule has 1 heterocycles. The molecule has 0 aliphatic rings. The predicted molar refractivity (Wildman–Crippen MR) is 47.3 cm³/mol. The molecule has 2 aromatic rings. The Morgan fingerprint density at radius 3 is 3.07 bits per heavy atom. The highest BCUT2D eigenvalue weighted by Gasteiger charge is 1.91. The zero-order chi connectivity index (χ0) is 9.80. The molecule has 2 rings (SSSR count). The third-order valence-electron chi connectivity index (χ3n) is 1.52. The van der Waals surface area contributed by atoms with Crippen LogP contribution >= 0.6 is 0 Å². The van der Waals surface area contributed by atoms with Gasteiger partial charge in [0.2, 0.25) is 0 Å². The van der Waals surface area contributed by atoms with Crippen molar-refractivity contribution in [3.8, 4) is 5.75 Å². The van der Waals surface area contributed by atoms with Crippen LogP contribution in [0, 0.1) is 0 Å². The minimum absolute atomic E-state index is 0.0536. The van der Waals surface area contributed by atoms with Crippen molar-refractivity contribution in [2.24, 2.45) is 4.99 Å². The van der Waals surface area contributed by atoms with Gasteiger partial charge in [0.1, 0.15) is 0 Å². The second-order valence-electron chi connectivity index (χ2n) is 2.54. The van der Waals surface area contributed by atoms with Crippen LogP contribution < -0.4 is 5.11 Å². The van der Waals surface area contributed by atoms with Crippen molar-refractivity contribution in [3.63, 3.8) is 0 Å². The van der Waals surface area contributed by atoms with Crippen molar-refractivity contribution in [2.45, 2.75) is 0 Å². The number of hydrogen-bond acceptors (Lipinski definition) is 5. The van der Waals surface area contributed by atoms with Gasteiger partial charge in [0.05, 0.1) is 0 Å². The molecule has 0 saturated carbocycles. The number of nitrogens with zero attached hydrogens (tertiary/aromatic N) is 4. The van der Waals surface area contributed by atoms with E-state index in [1.54, 1.807) is 12.1 Å². The molecule has 0 atom stereocenters. The normalized spacial score (nSPS) is 10.9. The zero-order valence-corrected chi connectivity index (χ0v) is 7.08. The van der Waals surface area contributed by atoms with Gasteiger partial charge in [-0.15, -0.1) is 10.8 Å². The molecule has 70 valence electrons. The first-order valence-electron chi connectivity index (χ1n) is 3.89. The Bertz CT molecular complexity index is 437. The van der Waals surface area contributed by atoms with Gasteiger partial charge in [0.25, 0.3) is 5.95 Å². The van der Waals surface area contributed by atoms with Gasteiger partial charge in [-0.25, -0.2) is 4.99 Å². The molecule has 0 aliphatic heterocycles. The molecule has 14 heavy (non-hydrogen) atoms. The summed E-state index contributed by atoms with van der Waals surface area (Å²) in [6.45, 7) is 0. The minimum Gasteiger partial charge on any atom is -0.872 e. The summed E-state index contributed by atoms with van der Waals surface area (Å²) < 4.78 is 0. The Labute approximate surface area is 79.3 Å². The van der Waals surface area contributed by atoms with Crippen molar-refractivity contribution in [1.29, 1.82) is 0 Å². The average molecular weight is 188 g/mol. The van der Waals surface area contributed by atoms with Crippen LogP contribution in [0.5, 0.6) is 5.75 Å². The van der Waals surface area contributed by atoms with Crippen LogP contribution in [-0.2, 0) is 0 Å². The lowest BCUT2D eigenvalue weighted by Gasteiger charge is -2.03. The first-order chi connectivity index (χ1) is 6.84. The van der Waals surface area contributed by atoms with Gasteiger partial charge < -0.3 is 5.11 Å². The average Bonchev–Trinajstić information content (AvgIpc) is 2.67. The van der Waals surface area contributed by atoms with E-state index in [9.17, 15) is 5.11 Å². The van der Waals surface area contributed by atoms with E-state index < -0.39 is 0 Å². The number of benzene rings is 1. The maximum absolute atomic E-state index is 10.9. The highest BCUT2D eigenvalue weighted by Crippen LogP contribution is 2.06. The molecule has 1 N–H and O–H groups in total. The topological polar surface area (TPSA) is 89.9 Å². The Morgan fingerprint density at radius 2 is 2.36 bits per heavy atom. The number of rotatable bonds is 2. The summed E-state index contributed by atoms with van der Waals surface area (Å²) in [6, 6.07) is 6.39. The predicted octanol–water partition coefficient (Wildman–Crippen LogP) is 0.0239. The lowest BCUT2D eigenvalue weighted by molar-refractivity contribution is -0.268. The molecule has 0 amide bonds. The summed E-state index contributed by atoms with van der Waals surface area (Å²) in [6.07, 6.45) is 1.51. The quantitative estimate of drug-likeness (QED) is 0.673. The second kappa shape index (κ2) is 3.65. The number of hydrogen-bond donors (Lipinski definition) is 1. The molecule has 0 fully saturated rings. The number of nitrogens with one attached hydrogen (secondary N) is 1. The molecule has 0 saturated heterocycles. The van der Waals surface area contributed by atoms with E-state index in [2.05, 4.69) is 25.6 Å². The van der Waals surface area contributed by atoms with E-state index in [-0.39, 0.29) is 11.7 Å². The fraction of sp³-hybridized carbons (Fsp3) is 0. The van der Waals surface area contributed by atoms with Crippen LogP contribution in [-0.4, -0.2) is 26.8 Å². The van der Waals surface area contributed by atoms with Crippen LogP contribution in [0.4, 0.5) is 5.95 Å². The molecule has 1 aromatic heterocycles. The van der Waals surface area contributed by atoms with Gasteiger partial charge in [-0.2, -0.15) is 5.21 Å². The van der Waals surface area contributed by atoms with Gasteiger partial charge in [0.15, 0.2) is 0 Å². The van der Waals surface area contributed by atoms with E-state index in [1.807, 2.05) is 0 Å². The number of tetrazole rings is 1. The molecular weight excluding hydrogens is 182 g/mol. The monoisotopic (exact) mass is 188 g/mol. The summed E-state index contributed by atoms with van der Waals surface area (Å²) >= 11 is 0. The van der Waals surface area contributed by atoms with Gasteiger partial charge in [-0.05, 0) is 10.8 Å². The van der Waals surface area contributed by atoms with Gasteiger partial charge in [-0.1, -0.05) is 29.4 Å². The van der Waals surface area contributed by atoms with Gasteiger partial charge >= 0.3 is 0 Å².